The van der Waals surface area contributed by atoms with Crippen LogP contribution in [0.25, 0.3) is 0 Å². The van der Waals surface area contributed by atoms with E-state index < -0.39 is 0 Å². The first-order valence-corrected chi connectivity index (χ1v) is 5.46. The molecule has 86 valence electrons. The highest BCUT2D eigenvalue weighted by Crippen LogP contribution is 1.99. The van der Waals surface area contributed by atoms with Crippen LogP contribution in [0.4, 0.5) is 0 Å². The van der Waals surface area contributed by atoms with Crippen LogP contribution in [-0.2, 0) is 11.2 Å². The minimum absolute atomic E-state index is 0.0776. The van der Waals surface area contributed by atoms with Crippen LogP contribution in [0.2, 0.25) is 0 Å². The molecule has 0 bridgehead atoms. The fourth-order valence-electron chi connectivity index (χ4n) is 1.10. The lowest BCUT2D eigenvalue weighted by Crippen LogP contribution is -2.22. The van der Waals surface area contributed by atoms with Crippen molar-refractivity contribution in [3.8, 4) is 0 Å². The highest BCUT2D eigenvalue weighted by molar-refractivity contribution is 5.86. The standard InChI is InChI=1S/C13H18N2O/c1-10(2)11(3)14-15-13(16)9-12-7-5-4-6-8-12/h4-8,10H,9H2,1-3H3,(H,15,16)/b14-11+. The molecule has 0 saturated carbocycles. The molecule has 0 heterocycles. The zero-order valence-corrected chi connectivity index (χ0v) is 10.0. The van der Waals surface area contributed by atoms with Crippen LogP contribution in [0.5, 0.6) is 0 Å². The summed E-state index contributed by atoms with van der Waals surface area (Å²) in [5.74, 6) is 0.281. The number of nitrogens with one attached hydrogen (secondary N) is 1. The third kappa shape index (κ3) is 4.26. The number of hydrogen-bond acceptors (Lipinski definition) is 2. The largest absolute Gasteiger partial charge is 0.273 e. The van der Waals surface area contributed by atoms with Crippen LogP contribution in [0.15, 0.2) is 35.4 Å². The van der Waals surface area contributed by atoms with Crippen molar-refractivity contribution in [2.75, 3.05) is 0 Å². The smallest absolute Gasteiger partial charge is 0.244 e. The molecule has 0 unspecified atom stereocenters. The summed E-state index contributed by atoms with van der Waals surface area (Å²) in [4.78, 5) is 11.5. The molecule has 0 saturated heterocycles. The Morgan fingerprint density at radius 1 is 1.31 bits per heavy atom. The van der Waals surface area contributed by atoms with Gasteiger partial charge < -0.3 is 0 Å². The van der Waals surface area contributed by atoms with Crippen LogP contribution < -0.4 is 5.43 Å². The van der Waals surface area contributed by atoms with Crippen molar-refractivity contribution in [1.29, 1.82) is 0 Å². The van der Waals surface area contributed by atoms with E-state index in [4.69, 9.17) is 0 Å². The average Bonchev–Trinajstić information content (AvgIpc) is 2.27. The van der Waals surface area contributed by atoms with Crippen LogP contribution in [0.1, 0.15) is 26.3 Å². The Morgan fingerprint density at radius 2 is 1.94 bits per heavy atom. The van der Waals surface area contributed by atoms with Gasteiger partial charge in [-0.1, -0.05) is 44.2 Å². The minimum atomic E-state index is -0.0776. The number of hydrogen-bond donors (Lipinski definition) is 1. The molecular formula is C13H18N2O. The number of amides is 1. The van der Waals surface area contributed by atoms with Gasteiger partial charge in [-0.05, 0) is 18.4 Å². The SMILES string of the molecule is C/C(=N\NC(=O)Cc1ccccc1)C(C)C. The second-order valence-corrected chi connectivity index (χ2v) is 4.11. The molecular weight excluding hydrogens is 200 g/mol. The summed E-state index contributed by atoms with van der Waals surface area (Å²) in [7, 11) is 0. The second kappa shape index (κ2) is 6.05. The molecule has 0 atom stereocenters. The Labute approximate surface area is 96.6 Å². The Hall–Kier alpha value is -1.64. The van der Waals surface area contributed by atoms with Crippen molar-refractivity contribution >= 4 is 11.6 Å². The van der Waals surface area contributed by atoms with E-state index in [0.717, 1.165) is 11.3 Å². The lowest BCUT2D eigenvalue weighted by molar-refractivity contribution is -0.120. The van der Waals surface area contributed by atoms with Gasteiger partial charge in [-0.15, -0.1) is 0 Å². The van der Waals surface area contributed by atoms with E-state index in [-0.39, 0.29) is 5.91 Å². The molecule has 0 aliphatic heterocycles. The van der Waals surface area contributed by atoms with Gasteiger partial charge in [-0.25, -0.2) is 5.43 Å². The zero-order chi connectivity index (χ0) is 12.0. The molecule has 0 radical (unpaired) electrons. The van der Waals surface area contributed by atoms with Gasteiger partial charge in [-0.3, -0.25) is 4.79 Å². The maximum Gasteiger partial charge on any atom is 0.244 e. The highest BCUT2D eigenvalue weighted by atomic mass is 16.2. The van der Waals surface area contributed by atoms with Crippen molar-refractivity contribution in [3.05, 3.63) is 35.9 Å². The first-order chi connectivity index (χ1) is 7.59. The molecule has 16 heavy (non-hydrogen) atoms. The van der Waals surface area contributed by atoms with Crippen LogP contribution in [0.3, 0.4) is 0 Å². The average molecular weight is 218 g/mol. The molecule has 3 heteroatoms. The summed E-state index contributed by atoms with van der Waals surface area (Å²) in [6, 6.07) is 9.64. The van der Waals surface area contributed by atoms with E-state index in [2.05, 4.69) is 10.5 Å². The van der Waals surface area contributed by atoms with E-state index in [1.165, 1.54) is 0 Å². The quantitative estimate of drug-likeness (QED) is 0.612. The highest BCUT2D eigenvalue weighted by Gasteiger charge is 2.02. The van der Waals surface area contributed by atoms with Gasteiger partial charge in [0.05, 0.1) is 6.42 Å². The van der Waals surface area contributed by atoms with Crippen molar-refractivity contribution in [1.82, 2.24) is 5.43 Å². The van der Waals surface area contributed by atoms with Gasteiger partial charge in [0.25, 0.3) is 0 Å². The number of rotatable bonds is 4. The first kappa shape index (κ1) is 12.4. The molecule has 1 amide bonds. The predicted octanol–water partition coefficient (Wildman–Crippen LogP) is 2.38. The second-order valence-electron chi connectivity index (χ2n) is 4.11. The van der Waals surface area contributed by atoms with E-state index >= 15 is 0 Å². The molecule has 0 aliphatic rings. The normalized spacial score (nSPS) is 11.6. The maximum absolute atomic E-state index is 11.5. The van der Waals surface area contributed by atoms with E-state index in [1.54, 1.807) is 0 Å². The first-order valence-electron chi connectivity index (χ1n) is 5.46. The third-order valence-corrected chi connectivity index (χ3v) is 2.40. The fourth-order valence-corrected chi connectivity index (χ4v) is 1.10. The summed E-state index contributed by atoms with van der Waals surface area (Å²) in [6.45, 7) is 6.00. The monoisotopic (exact) mass is 218 g/mol. The predicted molar refractivity (Wildman–Crippen MR) is 66.2 cm³/mol. The van der Waals surface area contributed by atoms with Crippen molar-refractivity contribution in [2.45, 2.75) is 27.2 Å². The zero-order valence-electron chi connectivity index (χ0n) is 10.0. The maximum atomic E-state index is 11.5. The number of carbonyl (C=O) groups excluding carboxylic acids is 1. The molecule has 0 fully saturated rings. The van der Waals surface area contributed by atoms with Crippen molar-refractivity contribution in [2.24, 2.45) is 11.0 Å². The molecule has 0 aliphatic carbocycles. The Morgan fingerprint density at radius 3 is 2.50 bits per heavy atom. The number of benzene rings is 1. The molecule has 1 N–H and O–H groups in total. The van der Waals surface area contributed by atoms with Gasteiger partial charge in [-0.2, -0.15) is 5.10 Å². The van der Waals surface area contributed by atoms with Gasteiger partial charge in [0.1, 0.15) is 0 Å². The lowest BCUT2D eigenvalue weighted by Gasteiger charge is -2.04. The summed E-state index contributed by atoms with van der Waals surface area (Å²) in [5, 5.41) is 4.04. The Balaban J connectivity index is 2.46. The van der Waals surface area contributed by atoms with E-state index in [1.807, 2.05) is 51.1 Å². The Kier molecular flexibility index (Phi) is 4.70. The van der Waals surface area contributed by atoms with Gasteiger partial charge in [0, 0.05) is 5.71 Å². The van der Waals surface area contributed by atoms with E-state index in [0.29, 0.717) is 12.3 Å². The topological polar surface area (TPSA) is 41.5 Å². The Bertz CT molecular complexity index is 369. The molecule has 0 spiro atoms. The molecule has 0 aromatic heterocycles. The molecule has 1 aromatic carbocycles. The summed E-state index contributed by atoms with van der Waals surface area (Å²) in [6.07, 6.45) is 0.371. The van der Waals surface area contributed by atoms with Crippen molar-refractivity contribution in [3.63, 3.8) is 0 Å². The summed E-state index contributed by atoms with van der Waals surface area (Å²) < 4.78 is 0. The molecule has 3 nitrogen and oxygen atoms in total. The van der Waals surface area contributed by atoms with Crippen LogP contribution in [0, 0.1) is 5.92 Å². The van der Waals surface area contributed by atoms with Crippen molar-refractivity contribution < 1.29 is 4.79 Å². The molecule has 1 aromatic rings. The fraction of sp³-hybridized carbons (Fsp3) is 0.385. The number of nitrogens with zero attached hydrogens (tertiary/aromatic N) is 1. The van der Waals surface area contributed by atoms with Crippen LogP contribution in [-0.4, -0.2) is 11.6 Å². The molecule has 1 rings (SSSR count). The third-order valence-electron chi connectivity index (χ3n) is 2.40. The van der Waals surface area contributed by atoms with Gasteiger partial charge in [0.2, 0.25) is 5.91 Å². The number of hydrazone groups is 1. The van der Waals surface area contributed by atoms with Gasteiger partial charge in [0.15, 0.2) is 0 Å². The van der Waals surface area contributed by atoms with Gasteiger partial charge >= 0.3 is 0 Å². The lowest BCUT2D eigenvalue weighted by atomic mass is 10.1. The number of carbonyl (C=O) groups is 1. The minimum Gasteiger partial charge on any atom is -0.273 e. The summed E-state index contributed by atoms with van der Waals surface area (Å²) in [5.41, 5.74) is 4.49. The van der Waals surface area contributed by atoms with E-state index in [9.17, 15) is 4.79 Å². The summed E-state index contributed by atoms with van der Waals surface area (Å²) >= 11 is 0. The van der Waals surface area contributed by atoms with Crippen LogP contribution >= 0.6 is 0 Å².